The van der Waals surface area contributed by atoms with Crippen molar-refractivity contribution in [2.45, 2.75) is 161 Å². The number of carboxylic acids is 1. The SMILES string of the molecule is CCCCCCCCCCCC(=O)N(C(=O)CCCCCCCCCCC)C(CCC(N)=O)C(=O)O. The van der Waals surface area contributed by atoms with Gasteiger partial charge in [0.05, 0.1) is 0 Å². The summed E-state index contributed by atoms with van der Waals surface area (Å²) < 4.78 is 0. The first-order chi connectivity index (χ1) is 17.3. The molecule has 0 bridgehead atoms. The number of unbranched alkanes of at least 4 members (excludes halogenated alkanes) is 16. The van der Waals surface area contributed by atoms with Gasteiger partial charge in [0.2, 0.25) is 17.7 Å². The molecule has 7 heteroatoms. The summed E-state index contributed by atoms with van der Waals surface area (Å²) >= 11 is 0. The summed E-state index contributed by atoms with van der Waals surface area (Å²) in [6, 6.07) is -1.34. The molecular formula is C29H54N2O5. The summed E-state index contributed by atoms with van der Waals surface area (Å²) in [7, 11) is 0. The number of carbonyl (C=O) groups excluding carboxylic acids is 3. The molecule has 0 saturated carbocycles. The van der Waals surface area contributed by atoms with E-state index >= 15 is 0 Å². The molecule has 0 rings (SSSR count). The van der Waals surface area contributed by atoms with Gasteiger partial charge in [-0.1, -0.05) is 117 Å². The molecule has 0 aromatic heterocycles. The van der Waals surface area contributed by atoms with Crippen molar-refractivity contribution in [1.82, 2.24) is 4.90 Å². The predicted molar refractivity (Wildman–Crippen MR) is 145 cm³/mol. The molecule has 0 aliphatic rings. The predicted octanol–water partition coefficient (Wildman–Crippen LogP) is 6.90. The van der Waals surface area contributed by atoms with Gasteiger partial charge in [-0.2, -0.15) is 0 Å². The van der Waals surface area contributed by atoms with Gasteiger partial charge in [0.1, 0.15) is 6.04 Å². The third-order valence-electron chi connectivity index (χ3n) is 6.79. The number of imide groups is 1. The molecule has 7 nitrogen and oxygen atoms in total. The van der Waals surface area contributed by atoms with Crippen molar-refractivity contribution < 1.29 is 24.3 Å². The lowest BCUT2D eigenvalue weighted by Crippen LogP contribution is -2.49. The molecule has 1 atom stereocenters. The first-order valence-electron chi connectivity index (χ1n) is 14.7. The second-order valence-corrected chi connectivity index (χ2v) is 10.2. The highest BCUT2D eigenvalue weighted by Crippen LogP contribution is 2.17. The number of carbonyl (C=O) groups is 4. The summed E-state index contributed by atoms with van der Waals surface area (Å²) in [4.78, 5) is 50.0. The van der Waals surface area contributed by atoms with Crippen LogP contribution in [0.25, 0.3) is 0 Å². The Hall–Kier alpha value is -1.92. The van der Waals surface area contributed by atoms with E-state index in [9.17, 15) is 24.3 Å². The highest BCUT2D eigenvalue weighted by atomic mass is 16.4. The van der Waals surface area contributed by atoms with Crippen LogP contribution in [-0.2, 0) is 19.2 Å². The fourth-order valence-corrected chi connectivity index (χ4v) is 4.54. The highest BCUT2D eigenvalue weighted by molar-refractivity contribution is 5.99. The van der Waals surface area contributed by atoms with Crippen LogP contribution in [0.5, 0.6) is 0 Å². The molecule has 3 amide bonds. The molecule has 0 fully saturated rings. The van der Waals surface area contributed by atoms with Crippen LogP contribution in [-0.4, -0.2) is 39.7 Å². The lowest BCUT2D eigenvalue weighted by molar-refractivity contribution is -0.158. The fourth-order valence-electron chi connectivity index (χ4n) is 4.54. The van der Waals surface area contributed by atoms with Gasteiger partial charge in [0.15, 0.2) is 0 Å². The average molecular weight is 511 g/mol. The van der Waals surface area contributed by atoms with Gasteiger partial charge in [0.25, 0.3) is 0 Å². The summed E-state index contributed by atoms with van der Waals surface area (Å²) in [5.74, 6) is -2.80. The quantitative estimate of drug-likeness (QED) is 0.129. The van der Waals surface area contributed by atoms with E-state index in [1.54, 1.807) is 0 Å². The Kier molecular flexibility index (Phi) is 22.2. The first-order valence-corrected chi connectivity index (χ1v) is 14.7. The van der Waals surface area contributed by atoms with Crippen LogP contribution in [0.3, 0.4) is 0 Å². The summed E-state index contributed by atoms with van der Waals surface area (Å²) in [6.07, 6.45) is 19.8. The lowest BCUT2D eigenvalue weighted by atomic mass is 10.0. The monoisotopic (exact) mass is 510 g/mol. The Morgan fingerprint density at radius 3 is 1.22 bits per heavy atom. The molecule has 3 N–H and O–H groups in total. The van der Waals surface area contributed by atoms with Gasteiger partial charge < -0.3 is 10.8 Å². The zero-order valence-electron chi connectivity index (χ0n) is 23.2. The summed E-state index contributed by atoms with van der Waals surface area (Å²) in [6.45, 7) is 4.40. The van der Waals surface area contributed by atoms with Crippen LogP contribution < -0.4 is 5.73 Å². The van der Waals surface area contributed by atoms with Crippen molar-refractivity contribution in [3.05, 3.63) is 0 Å². The summed E-state index contributed by atoms with van der Waals surface area (Å²) in [5, 5.41) is 9.72. The number of hydrogen-bond acceptors (Lipinski definition) is 4. The number of hydrogen-bond donors (Lipinski definition) is 2. The molecule has 0 heterocycles. The van der Waals surface area contributed by atoms with Crippen molar-refractivity contribution in [2.75, 3.05) is 0 Å². The molecule has 0 aliphatic carbocycles. The standard InChI is InChI=1S/C29H54N2O5/c1-3-5-7-9-11-13-15-17-19-21-27(33)31(25(29(35)36)23-24-26(30)32)28(34)22-20-18-16-14-12-10-8-6-4-2/h25H,3-24H2,1-2H3,(H2,30,32)(H,35,36). The zero-order valence-corrected chi connectivity index (χ0v) is 23.2. The van der Waals surface area contributed by atoms with Gasteiger partial charge >= 0.3 is 5.97 Å². The van der Waals surface area contributed by atoms with Gasteiger partial charge in [-0.15, -0.1) is 0 Å². The minimum Gasteiger partial charge on any atom is -0.480 e. The Labute approximate surface area is 219 Å². The van der Waals surface area contributed by atoms with Crippen LogP contribution in [0, 0.1) is 0 Å². The van der Waals surface area contributed by atoms with Crippen LogP contribution in [0.2, 0.25) is 0 Å². The number of amides is 3. The van der Waals surface area contributed by atoms with Crippen molar-refractivity contribution in [1.29, 1.82) is 0 Å². The van der Waals surface area contributed by atoms with Crippen molar-refractivity contribution in [3.8, 4) is 0 Å². The zero-order chi connectivity index (χ0) is 27.0. The maximum absolute atomic E-state index is 13.0. The van der Waals surface area contributed by atoms with Crippen LogP contribution >= 0.6 is 0 Å². The summed E-state index contributed by atoms with van der Waals surface area (Å²) in [5.41, 5.74) is 5.20. The largest absolute Gasteiger partial charge is 0.480 e. The minimum absolute atomic E-state index is 0.141. The number of nitrogens with zero attached hydrogens (tertiary/aromatic N) is 1. The van der Waals surface area contributed by atoms with Gasteiger partial charge in [-0.3, -0.25) is 19.3 Å². The molecule has 0 spiro atoms. The normalized spacial score (nSPS) is 11.8. The third-order valence-corrected chi connectivity index (χ3v) is 6.79. The first kappa shape index (κ1) is 34.1. The molecule has 0 saturated heterocycles. The van der Waals surface area contributed by atoms with E-state index in [1.807, 2.05) is 0 Å². The number of carboxylic acid groups (broad SMARTS) is 1. The van der Waals surface area contributed by atoms with E-state index in [0.717, 1.165) is 43.4 Å². The van der Waals surface area contributed by atoms with E-state index in [1.165, 1.54) is 64.2 Å². The molecule has 1 unspecified atom stereocenters. The van der Waals surface area contributed by atoms with Crippen molar-refractivity contribution in [2.24, 2.45) is 5.73 Å². The average Bonchev–Trinajstić information content (AvgIpc) is 2.83. The topological polar surface area (TPSA) is 118 Å². The molecule has 0 aromatic rings. The Morgan fingerprint density at radius 2 is 0.917 bits per heavy atom. The van der Waals surface area contributed by atoms with Gasteiger partial charge in [0, 0.05) is 19.3 Å². The smallest absolute Gasteiger partial charge is 0.326 e. The maximum atomic E-state index is 13.0. The van der Waals surface area contributed by atoms with Gasteiger partial charge in [-0.25, -0.2) is 4.79 Å². The fraction of sp³-hybridized carbons (Fsp3) is 0.862. The molecule has 0 aliphatic heterocycles. The van der Waals surface area contributed by atoms with E-state index < -0.39 is 29.7 Å². The second-order valence-electron chi connectivity index (χ2n) is 10.2. The molecular weight excluding hydrogens is 456 g/mol. The van der Waals surface area contributed by atoms with E-state index in [0.29, 0.717) is 12.8 Å². The molecule has 0 aromatic carbocycles. The Bertz CT molecular complexity index is 574. The lowest BCUT2D eigenvalue weighted by Gasteiger charge is -2.27. The number of nitrogens with two attached hydrogens (primary N) is 1. The number of aliphatic carboxylic acids is 1. The molecule has 0 radical (unpaired) electrons. The van der Waals surface area contributed by atoms with Crippen LogP contribution in [0.1, 0.15) is 155 Å². The Balaban J connectivity index is 4.66. The third kappa shape index (κ3) is 18.4. The van der Waals surface area contributed by atoms with E-state index in [2.05, 4.69) is 13.8 Å². The second kappa shape index (κ2) is 23.5. The van der Waals surface area contributed by atoms with Gasteiger partial charge in [-0.05, 0) is 19.3 Å². The van der Waals surface area contributed by atoms with Crippen LogP contribution in [0.15, 0.2) is 0 Å². The van der Waals surface area contributed by atoms with E-state index in [4.69, 9.17) is 5.73 Å². The molecule has 210 valence electrons. The van der Waals surface area contributed by atoms with Crippen molar-refractivity contribution >= 4 is 23.7 Å². The minimum atomic E-state index is -1.34. The number of rotatable bonds is 25. The Morgan fingerprint density at radius 1 is 0.583 bits per heavy atom. The number of primary amides is 1. The molecule has 36 heavy (non-hydrogen) atoms. The highest BCUT2D eigenvalue weighted by Gasteiger charge is 2.34. The van der Waals surface area contributed by atoms with Crippen molar-refractivity contribution in [3.63, 3.8) is 0 Å². The van der Waals surface area contributed by atoms with Crippen LogP contribution in [0.4, 0.5) is 0 Å². The maximum Gasteiger partial charge on any atom is 0.326 e. The van der Waals surface area contributed by atoms with E-state index in [-0.39, 0.29) is 25.7 Å².